The second-order valence-electron chi connectivity index (χ2n) is 6.25. The second-order valence-corrected chi connectivity index (χ2v) is 6.25. The summed E-state index contributed by atoms with van der Waals surface area (Å²) in [5.41, 5.74) is 8.02. The average Bonchev–Trinajstić information content (AvgIpc) is 3.01. The van der Waals surface area contributed by atoms with Crippen molar-refractivity contribution in [3.05, 3.63) is 90.0 Å². The Morgan fingerprint density at radius 3 is 2.52 bits per heavy atom. The molecule has 0 saturated carbocycles. The Labute approximate surface area is 147 Å². The van der Waals surface area contributed by atoms with Crippen LogP contribution in [-0.4, -0.2) is 5.97 Å². The number of hydrogen-bond acceptors (Lipinski definition) is 2. The van der Waals surface area contributed by atoms with Gasteiger partial charge in [0.2, 0.25) is 0 Å². The SMILES string of the molecule is C=CC(=O)Oc1c(C)cc2c(c1-c1ccccc1)Cc1ccccc1-2. The van der Waals surface area contributed by atoms with Crippen LogP contribution in [0.5, 0.6) is 5.75 Å². The zero-order valence-electron chi connectivity index (χ0n) is 14.1. The topological polar surface area (TPSA) is 26.3 Å². The van der Waals surface area contributed by atoms with Gasteiger partial charge in [0, 0.05) is 11.6 Å². The Balaban J connectivity index is 2.00. The van der Waals surface area contributed by atoms with Crippen LogP contribution in [0.1, 0.15) is 16.7 Å². The van der Waals surface area contributed by atoms with Gasteiger partial charge >= 0.3 is 5.97 Å². The molecule has 3 aromatic carbocycles. The Morgan fingerprint density at radius 2 is 1.76 bits per heavy atom. The van der Waals surface area contributed by atoms with Crippen molar-refractivity contribution in [2.75, 3.05) is 0 Å². The normalized spacial score (nSPS) is 11.6. The standard InChI is InChI=1S/C23H18O2/c1-3-21(24)25-23-15(2)13-19-18-12-8-7-11-17(18)14-20(19)22(23)16-9-5-4-6-10-16/h3-13H,1,14H2,2H3. The van der Waals surface area contributed by atoms with E-state index >= 15 is 0 Å². The van der Waals surface area contributed by atoms with E-state index in [9.17, 15) is 4.79 Å². The summed E-state index contributed by atoms with van der Waals surface area (Å²) in [4.78, 5) is 11.9. The van der Waals surface area contributed by atoms with Crippen molar-refractivity contribution in [3.8, 4) is 28.0 Å². The van der Waals surface area contributed by atoms with Crippen molar-refractivity contribution in [1.82, 2.24) is 0 Å². The van der Waals surface area contributed by atoms with Crippen LogP contribution in [0, 0.1) is 6.92 Å². The largest absolute Gasteiger partial charge is 0.422 e. The lowest BCUT2D eigenvalue weighted by Gasteiger charge is -2.17. The van der Waals surface area contributed by atoms with E-state index in [0.29, 0.717) is 5.75 Å². The highest BCUT2D eigenvalue weighted by Gasteiger charge is 2.26. The molecule has 0 fully saturated rings. The lowest BCUT2D eigenvalue weighted by Crippen LogP contribution is -2.07. The number of hydrogen-bond donors (Lipinski definition) is 0. The van der Waals surface area contributed by atoms with Crippen molar-refractivity contribution in [1.29, 1.82) is 0 Å². The van der Waals surface area contributed by atoms with Gasteiger partial charge in [-0.2, -0.15) is 0 Å². The lowest BCUT2D eigenvalue weighted by molar-refractivity contribution is -0.128. The molecule has 0 bridgehead atoms. The molecule has 1 aliphatic carbocycles. The number of esters is 1. The molecule has 0 heterocycles. The maximum absolute atomic E-state index is 11.9. The highest BCUT2D eigenvalue weighted by Crippen LogP contribution is 2.47. The van der Waals surface area contributed by atoms with E-state index in [-0.39, 0.29) is 0 Å². The monoisotopic (exact) mass is 326 g/mol. The molecule has 0 atom stereocenters. The third-order valence-corrected chi connectivity index (χ3v) is 4.68. The third kappa shape index (κ3) is 2.56. The van der Waals surface area contributed by atoms with E-state index in [1.165, 1.54) is 28.3 Å². The molecule has 3 aromatic rings. The highest BCUT2D eigenvalue weighted by molar-refractivity contribution is 5.92. The number of fused-ring (bicyclic) bond motifs is 3. The first kappa shape index (κ1) is 15.4. The fourth-order valence-electron chi connectivity index (χ4n) is 3.57. The number of rotatable bonds is 3. The third-order valence-electron chi connectivity index (χ3n) is 4.68. The quantitative estimate of drug-likeness (QED) is 0.289. The van der Waals surface area contributed by atoms with Gasteiger partial charge in [0.15, 0.2) is 0 Å². The predicted octanol–water partition coefficient (Wildman–Crippen LogP) is 5.32. The van der Waals surface area contributed by atoms with Crippen LogP contribution in [0.4, 0.5) is 0 Å². The molecule has 4 rings (SSSR count). The van der Waals surface area contributed by atoms with E-state index in [1.54, 1.807) is 0 Å². The molecule has 0 N–H and O–H groups in total. The molecular formula is C23H18O2. The summed E-state index contributed by atoms with van der Waals surface area (Å²) < 4.78 is 5.65. The molecule has 0 radical (unpaired) electrons. The summed E-state index contributed by atoms with van der Waals surface area (Å²) >= 11 is 0. The minimum atomic E-state index is -0.434. The molecule has 0 aliphatic heterocycles. The average molecular weight is 326 g/mol. The molecule has 2 nitrogen and oxygen atoms in total. The van der Waals surface area contributed by atoms with Crippen LogP contribution < -0.4 is 4.74 Å². The zero-order valence-corrected chi connectivity index (χ0v) is 14.1. The highest BCUT2D eigenvalue weighted by atomic mass is 16.5. The van der Waals surface area contributed by atoms with Crippen molar-refractivity contribution < 1.29 is 9.53 Å². The number of benzene rings is 3. The Bertz CT molecular complexity index is 984. The maximum Gasteiger partial charge on any atom is 0.335 e. The van der Waals surface area contributed by atoms with E-state index in [4.69, 9.17) is 4.74 Å². The van der Waals surface area contributed by atoms with Crippen LogP contribution in [0.3, 0.4) is 0 Å². The Hall–Kier alpha value is -3.13. The van der Waals surface area contributed by atoms with Gasteiger partial charge < -0.3 is 4.74 Å². The van der Waals surface area contributed by atoms with E-state index in [1.807, 2.05) is 25.1 Å². The molecule has 122 valence electrons. The summed E-state index contributed by atoms with van der Waals surface area (Å²) in [6.07, 6.45) is 2.05. The van der Waals surface area contributed by atoms with Gasteiger partial charge in [0.05, 0.1) is 0 Å². The molecule has 0 unspecified atom stereocenters. The van der Waals surface area contributed by atoms with Crippen molar-refractivity contribution in [2.24, 2.45) is 0 Å². The summed E-state index contributed by atoms with van der Waals surface area (Å²) in [5.74, 6) is 0.193. The van der Waals surface area contributed by atoms with Gasteiger partial charge in [0.1, 0.15) is 5.75 Å². The molecule has 2 heteroatoms. The summed E-state index contributed by atoms with van der Waals surface area (Å²) in [5, 5.41) is 0. The number of carbonyl (C=O) groups excluding carboxylic acids is 1. The molecule has 1 aliphatic rings. The summed E-state index contributed by atoms with van der Waals surface area (Å²) in [6.45, 7) is 5.50. The van der Waals surface area contributed by atoms with Crippen molar-refractivity contribution in [2.45, 2.75) is 13.3 Å². The number of aryl methyl sites for hydroxylation is 1. The fraction of sp³-hybridized carbons (Fsp3) is 0.0870. The van der Waals surface area contributed by atoms with Crippen LogP contribution in [-0.2, 0) is 11.2 Å². The number of ether oxygens (including phenoxy) is 1. The maximum atomic E-state index is 11.9. The minimum absolute atomic E-state index is 0.434. The Kier molecular flexibility index (Phi) is 3.73. The van der Waals surface area contributed by atoms with Gasteiger partial charge in [-0.15, -0.1) is 0 Å². The van der Waals surface area contributed by atoms with Gasteiger partial charge in [0.25, 0.3) is 0 Å². The molecule has 0 saturated heterocycles. The van der Waals surface area contributed by atoms with Crippen LogP contribution >= 0.6 is 0 Å². The van der Waals surface area contributed by atoms with Crippen LogP contribution in [0.15, 0.2) is 73.3 Å². The van der Waals surface area contributed by atoms with Gasteiger partial charge in [-0.1, -0.05) is 61.2 Å². The fourth-order valence-corrected chi connectivity index (χ4v) is 3.57. The predicted molar refractivity (Wildman–Crippen MR) is 101 cm³/mol. The van der Waals surface area contributed by atoms with E-state index in [2.05, 4.69) is 49.0 Å². The summed E-state index contributed by atoms with van der Waals surface area (Å²) in [6, 6.07) is 20.7. The van der Waals surface area contributed by atoms with Gasteiger partial charge in [-0.25, -0.2) is 4.79 Å². The first-order valence-electron chi connectivity index (χ1n) is 8.33. The van der Waals surface area contributed by atoms with Crippen LogP contribution in [0.25, 0.3) is 22.3 Å². The first-order valence-corrected chi connectivity index (χ1v) is 8.33. The molecular weight excluding hydrogens is 308 g/mol. The van der Waals surface area contributed by atoms with Crippen LogP contribution in [0.2, 0.25) is 0 Å². The van der Waals surface area contributed by atoms with Gasteiger partial charge in [-0.3, -0.25) is 0 Å². The van der Waals surface area contributed by atoms with Crippen molar-refractivity contribution in [3.63, 3.8) is 0 Å². The zero-order chi connectivity index (χ0) is 17.4. The molecule has 0 amide bonds. The molecule has 0 spiro atoms. The first-order chi connectivity index (χ1) is 12.2. The summed E-state index contributed by atoms with van der Waals surface area (Å²) in [7, 11) is 0. The Morgan fingerprint density at radius 1 is 1.04 bits per heavy atom. The molecule has 0 aromatic heterocycles. The van der Waals surface area contributed by atoms with E-state index < -0.39 is 5.97 Å². The minimum Gasteiger partial charge on any atom is -0.422 e. The smallest absolute Gasteiger partial charge is 0.335 e. The van der Waals surface area contributed by atoms with E-state index in [0.717, 1.165) is 23.1 Å². The van der Waals surface area contributed by atoms with Gasteiger partial charge in [-0.05, 0) is 52.8 Å². The molecule has 25 heavy (non-hydrogen) atoms. The second kappa shape index (κ2) is 6.06. The lowest BCUT2D eigenvalue weighted by atomic mass is 9.92. The number of carbonyl (C=O) groups is 1. The van der Waals surface area contributed by atoms with Crippen molar-refractivity contribution >= 4 is 5.97 Å².